The van der Waals surface area contributed by atoms with E-state index in [1.807, 2.05) is 0 Å². The van der Waals surface area contributed by atoms with E-state index in [2.05, 4.69) is 38.7 Å². The Labute approximate surface area is 159 Å². The van der Waals surface area contributed by atoms with Crippen LogP contribution in [-0.4, -0.2) is 74.7 Å². The first-order valence-electron chi connectivity index (χ1n) is 8.46. The molecule has 0 rings (SSSR count). The molecule has 0 saturated heterocycles. The van der Waals surface area contributed by atoms with E-state index < -0.39 is 12.2 Å². The molecule has 0 aromatic heterocycles. The SMILES string of the molecule is CCCCOC.CCCCOC.COC.COC(=O)NCNC(=O)OC. The highest BCUT2D eigenvalue weighted by Gasteiger charge is 1.99. The molecule has 0 radical (unpaired) electrons. The predicted molar refractivity (Wildman–Crippen MR) is 102 cm³/mol. The Morgan fingerprint density at radius 3 is 1.15 bits per heavy atom. The van der Waals surface area contributed by atoms with Gasteiger partial charge in [-0.25, -0.2) is 9.59 Å². The number of carbonyl (C=O) groups is 2. The molecule has 0 heterocycles. The monoisotopic (exact) mass is 384 g/mol. The fraction of sp³-hybridized carbons (Fsp3) is 0.882. The van der Waals surface area contributed by atoms with Gasteiger partial charge in [-0.15, -0.1) is 0 Å². The number of rotatable bonds is 8. The molecular formula is C17H40N2O7. The minimum Gasteiger partial charge on any atom is -0.453 e. The smallest absolute Gasteiger partial charge is 0.408 e. The Kier molecular flexibility index (Phi) is 42.9. The molecule has 9 heteroatoms. The molecule has 2 N–H and O–H groups in total. The Morgan fingerprint density at radius 2 is 1.00 bits per heavy atom. The van der Waals surface area contributed by atoms with Crippen molar-refractivity contribution in [2.45, 2.75) is 39.5 Å². The third-order valence-electron chi connectivity index (χ3n) is 2.24. The lowest BCUT2D eigenvalue weighted by molar-refractivity contribution is 0.162. The van der Waals surface area contributed by atoms with Crippen molar-refractivity contribution in [1.29, 1.82) is 0 Å². The van der Waals surface area contributed by atoms with Crippen molar-refractivity contribution in [3.8, 4) is 0 Å². The Balaban J connectivity index is -0.000000138. The first kappa shape index (κ1) is 32.1. The fourth-order valence-corrected chi connectivity index (χ4v) is 0.910. The molecule has 0 bridgehead atoms. The highest BCUT2D eigenvalue weighted by Crippen LogP contribution is 1.83. The van der Waals surface area contributed by atoms with Crippen molar-refractivity contribution in [3.05, 3.63) is 0 Å². The van der Waals surface area contributed by atoms with Crippen molar-refractivity contribution in [2.24, 2.45) is 0 Å². The molecule has 0 spiro atoms. The molecule has 26 heavy (non-hydrogen) atoms. The maximum absolute atomic E-state index is 10.4. The van der Waals surface area contributed by atoms with Gasteiger partial charge in [0.1, 0.15) is 0 Å². The second kappa shape index (κ2) is 34.7. The number of methoxy groups -OCH3 is 5. The minimum atomic E-state index is -0.610. The summed E-state index contributed by atoms with van der Waals surface area (Å²) in [6.45, 7) is 6.12. The summed E-state index contributed by atoms with van der Waals surface area (Å²) < 4.78 is 22.3. The maximum atomic E-state index is 10.4. The van der Waals surface area contributed by atoms with E-state index in [1.54, 1.807) is 28.4 Å². The van der Waals surface area contributed by atoms with Crippen LogP contribution in [0, 0.1) is 0 Å². The molecule has 2 amide bonds. The van der Waals surface area contributed by atoms with Crippen LogP contribution >= 0.6 is 0 Å². The fourth-order valence-electron chi connectivity index (χ4n) is 0.910. The van der Waals surface area contributed by atoms with Gasteiger partial charge in [-0.1, -0.05) is 26.7 Å². The van der Waals surface area contributed by atoms with E-state index in [0.717, 1.165) is 13.2 Å². The largest absolute Gasteiger partial charge is 0.453 e. The molecule has 9 nitrogen and oxygen atoms in total. The quantitative estimate of drug-likeness (QED) is 0.490. The lowest BCUT2D eigenvalue weighted by atomic mass is 10.4. The van der Waals surface area contributed by atoms with Crippen molar-refractivity contribution in [2.75, 3.05) is 62.5 Å². The van der Waals surface area contributed by atoms with Crippen LogP contribution in [0.1, 0.15) is 39.5 Å². The van der Waals surface area contributed by atoms with E-state index >= 15 is 0 Å². The van der Waals surface area contributed by atoms with Crippen molar-refractivity contribution in [1.82, 2.24) is 10.6 Å². The Bertz CT molecular complexity index is 235. The van der Waals surface area contributed by atoms with E-state index in [9.17, 15) is 9.59 Å². The van der Waals surface area contributed by atoms with Gasteiger partial charge in [0.25, 0.3) is 0 Å². The number of ether oxygens (including phenoxy) is 5. The standard InChI is InChI=1S/C5H10N2O4.2C5H12O.C2H6O/c1-10-4(8)6-3-7-5(9)11-2;2*1-3-4-5-6-2;1-3-2/h3H2,1-2H3,(H,6,8)(H,7,9);2*3-5H2,1-2H3;1-2H3. The average Bonchev–Trinajstić information content (AvgIpc) is 2.65. The summed E-state index contributed by atoms with van der Waals surface area (Å²) in [4.78, 5) is 20.7. The normalized spacial score (nSPS) is 8.31. The van der Waals surface area contributed by atoms with Crippen LogP contribution in [0.2, 0.25) is 0 Å². The summed E-state index contributed by atoms with van der Waals surface area (Å²) in [5.74, 6) is 0. The maximum Gasteiger partial charge on any atom is 0.408 e. The summed E-state index contributed by atoms with van der Waals surface area (Å²) in [5, 5.41) is 4.45. The molecular weight excluding hydrogens is 344 g/mol. The first-order valence-corrected chi connectivity index (χ1v) is 8.46. The van der Waals surface area contributed by atoms with Crippen LogP contribution in [0.3, 0.4) is 0 Å². The molecule has 0 aromatic rings. The number of nitrogens with one attached hydrogen (secondary N) is 2. The van der Waals surface area contributed by atoms with E-state index in [1.165, 1.54) is 39.9 Å². The molecule has 0 fully saturated rings. The average molecular weight is 385 g/mol. The van der Waals surface area contributed by atoms with E-state index in [-0.39, 0.29) is 6.67 Å². The second-order valence-corrected chi connectivity index (χ2v) is 4.61. The summed E-state index contributed by atoms with van der Waals surface area (Å²) in [6, 6.07) is 0. The zero-order chi connectivity index (χ0) is 21.1. The second-order valence-electron chi connectivity index (χ2n) is 4.61. The minimum absolute atomic E-state index is 0.0145. The zero-order valence-electron chi connectivity index (χ0n) is 17.8. The van der Waals surface area contributed by atoms with Crippen molar-refractivity contribution < 1.29 is 33.3 Å². The van der Waals surface area contributed by atoms with Crippen LogP contribution in [0.15, 0.2) is 0 Å². The third-order valence-corrected chi connectivity index (χ3v) is 2.24. The number of carbonyl (C=O) groups excluding carboxylic acids is 2. The van der Waals surface area contributed by atoms with Gasteiger partial charge < -0.3 is 34.3 Å². The van der Waals surface area contributed by atoms with E-state index in [4.69, 9.17) is 9.47 Å². The summed E-state index contributed by atoms with van der Waals surface area (Å²) >= 11 is 0. The van der Waals surface area contributed by atoms with Crippen LogP contribution in [0.4, 0.5) is 9.59 Å². The van der Waals surface area contributed by atoms with Gasteiger partial charge in [0.15, 0.2) is 0 Å². The van der Waals surface area contributed by atoms with E-state index in [0.29, 0.717) is 0 Å². The van der Waals surface area contributed by atoms with Gasteiger partial charge in [0.05, 0.1) is 20.9 Å². The van der Waals surface area contributed by atoms with Crippen LogP contribution in [0.5, 0.6) is 0 Å². The van der Waals surface area contributed by atoms with Crippen LogP contribution < -0.4 is 10.6 Å². The zero-order valence-corrected chi connectivity index (χ0v) is 17.8. The van der Waals surface area contributed by atoms with Gasteiger partial charge in [-0.3, -0.25) is 0 Å². The van der Waals surface area contributed by atoms with Gasteiger partial charge in [-0.05, 0) is 12.8 Å². The summed E-state index contributed by atoms with van der Waals surface area (Å²) in [6.07, 6.45) is 3.62. The molecule has 0 aliphatic carbocycles. The van der Waals surface area contributed by atoms with Gasteiger partial charge >= 0.3 is 12.2 Å². The number of hydrogen-bond donors (Lipinski definition) is 2. The number of amides is 2. The molecule has 0 aromatic carbocycles. The highest BCUT2D eigenvalue weighted by atomic mass is 16.5. The summed E-state index contributed by atoms with van der Waals surface area (Å²) in [5.41, 5.74) is 0. The van der Waals surface area contributed by atoms with Crippen molar-refractivity contribution in [3.63, 3.8) is 0 Å². The predicted octanol–water partition coefficient (Wildman–Crippen LogP) is 2.78. The Hall–Kier alpha value is -1.58. The van der Waals surface area contributed by atoms with Gasteiger partial charge in [-0.2, -0.15) is 0 Å². The van der Waals surface area contributed by atoms with Gasteiger partial charge in [0, 0.05) is 41.7 Å². The molecule has 0 unspecified atom stereocenters. The molecule has 0 atom stereocenters. The molecule has 0 aliphatic heterocycles. The summed E-state index contributed by atoms with van der Waals surface area (Å²) in [7, 11) is 9.17. The van der Waals surface area contributed by atoms with Crippen molar-refractivity contribution >= 4 is 12.2 Å². The lowest BCUT2D eigenvalue weighted by Gasteiger charge is -2.03. The number of hydrogen-bond acceptors (Lipinski definition) is 7. The Morgan fingerprint density at radius 1 is 0.692 bits per heavy atom. The lowest BCUT2D eigenvalue weighted by Crippen LogP contribution is -2.36. The molecule has 0 aliphatic rings. The van der Waals surface area contributed by atoms with Crippen LogP contribution in [-0.2, 0) is 23.7 Å². The first-order chi connectivity index (χ1) is 12.4. The highest BCUT2D eigenvalue weighted by molar-refractivity contribution is 5.69. The topological polar surface area (TPSA) is 104 Å². The third kappa shape index (κ3) is 49.5. The van der Waals surface area contributed by atoms with Gasteiger partial charge in [0.2, 0.25) is 0 Å². The van der Waals surface area contributed by atoms with Crippen LogP contribution in [0.25, 0.3) is 0 Å². The number of alkyl carbamates (subject to hydrolysis) is 2. The molecule has 0 saturated carbocycles. The number of unbranched alkanes of at least 4 members (excludes halogenated alkanes) is 2. The molecule has 160 valence electrons.